The first-order chi connectivity index (χ1) is 13.0. The lowest BCUT2D eigenvalue weighted by Gasteiger charge is -2.36. The fraction of sp³-hybridized carbons (Fsp3) is 0.450. The van der Waals surface area contributed by atoms with Gasteiger partial charge in [-0.25, -0.2) is 9.97 Å². The van der Waals surface area contributed by atoms with Gasteiger partial charge in [0.2, 0.25) is 0 Å². The minimum absolute atomic E-state index is 0.00932. The maximum atomic E-state index is 12.2. The maximum absolute atomic E-state index is 12.2. The predicted octanol–water partition coefficient (Wildman–Crippen LogP) is 2.37. The van der Waals surface area contributed by atoms with Crippen LogP contribution in [0.4, 0.5) is 5.69 Å². The summed E-state index contributed by atoms with van der Waals surface area (Å²) >= 11 is 0. The second-order valence-electron chi connectivity index (χ2n) is 7.44. The Morgan fingerprint density at radius 2 is 1.93 bits per heavy atom. The Kier molecular flexibility index (Phi) is 4.70. The van der Waals surface area contributed by atoms with Crippen molar-refractivity contribution >= 4 is 16.6 Å². The molecule has 1 aliphatic rings. The van der Waals surface area contributed by atoms with E-state index in [4.69, 9.17) is 4.42 Å². The Bertz CT molecular complexity index is 999. The summed E-state index contributed by atoms with van der Waals surface area (Å²) in [5.41, 5.74) is 2.91. The zero-order valence-electron chi connectivity index (χ0n) is 16.1. The van der Waals surface area contributed by atoms with Crippen LogP contribution in [-0.2, 0) is 13.6 Å². The van der Waals surface area contributed by atoms with Crippen molar-refractivity contribution in [2.75, 3.05) is 31.1 Å². The molecular formula is C20H25N5O2. The molecule has 0 unspecified atom stereocenters. The summed E-state index contributed by atoms with van der Waals surface area (Å²) in [4.78, 5) is 25.7. The van der Waals surface area contributed by atoms with E-state index in [0.717, 1.165) is 55.4 Å². The molecule has 0 amide bonds. The number of oxazole rings is 1. The molecule has 1 fully saturated rings. The summed E-state index contributed by atoms with van der Waals surface area (Å²) in [7, 11) is 1.72. The molecule has 3 aromatic rings. The monoisotopic (exact) mass is 367 g/mol. The highest BCUT2D eigenvalue weighted by atomic mass is 16.3. The van der Waals surface area contributed by atoms with Crippen LogP contribution in [0, 0.1) is 0 Å². The molecule has 0 bridgehead atoms. The van der Waals surface area contributed by atoms with Crippen molar-refractivity contribution in [2.24, 2.45) is 7.05 Å². The summed E-state index contributed by atoms with van der Waals surface area (Å²) in [6.07, 6.45) is 3.13. The zero-order valence-corrected chi connectivity index (χ0v) is 16.1. The molecule has 7 heteroatoms. The second-order valence-corrected chi connectivity index (χ2v) is 7.44. The van der Waals surface area contributed by atoms with Crippen LogP contribution in [0.25, 0.3) is 10.9 Å². The molecule has 0 radical (unpaired) electrons. The van der Waals surface area contributed by atoms with Crippen LogP contribution in [0.15, 0.2) is 40.1 Å². The highest BCUT2D eigenvalue weighted by Crippen LogP contribution is 2.23. The van der Waals surface area contributed by atoms with Gasteiger partial charge in [-0.05, 0) is 18.2 Å². The van der Waals surface area contributed by atoms with Crippen LogP contribution >= 0.6 is 0 Å². The number of aromatic nitrogens is 3. The highest BCUT2D eigenvalue weighted by Gasteiger charge is 2.21. The SMILES string of the molecule is CC(C)c1ocnc1CN1CCN(c2ccc3c(=O)n(C)cnc3c2)CC1. The highest BCUT2D eigenvalue weighted by molar-refractivity contribution is 5.81. The summed E-state index contributed by atoms with van der Waals surface area (Å²) < 4.78 is 7.04. The van der Waals surface area contributed by atoms with Gasteiger partial charge >= 0.3 is 0 Å². The first kappa shape index (κ1) is 17.7. The molecule has 1 saturated heterocycles. The Morgan fingerprint density at radius 1 is 1.15 bits per heavy atom. The third-order valence-corrected chi connectivity index (χ3v) is 5.21. The molecule has 7 nitrogen and oxygen atoms in total. The lowest BCUT2D eigenvalue weighted by atomic mass is 10.1. The van der Waals surface area contributed by atoms with E-state index in [1.807, 2.05) is 18.2 Å². The number of nitrogens with zero attached hydrogens (tertiary/aromatic N) is 5. The Labute approximate surface area is 158 Å². The fourth-order valence-corrected chi connectivity index (χ4v) is 3.64. The minimum atomic E-state index is -0.00932. The van der Waals surface area contributed by atoms with E-state index in [2.05, 4.69) is 33.6 Å². The van der Waals surface area contributed by atoms with Gasteiger partial charge in [-0.15, -0.1) is 0 Å². The van der Waals surface area contributed by atoms with Crippen LogP contribution in [0.1, 0.15) is 31.2 Å². The largest absolute Gasteiger partial charge is 0.448 e. The number of rotatable bonds is 4. The fourth-order valence-electron chi connectivity index (χ4n) is 3.64. The number of benzene rings is 1. The first-order valence-electron chi connectivity index (χ1n) is 9.38. The molecule has 1 aliphatic heterocycles. The summed E-state index contributed by atoms with van der Waals surface area (Å²) in [6.45, 7) is 8.88. The second kappa shape index (κ2) is 7.15. The molecule has 0 N–H and O–H groups in total. The Balaban J connectivity index is 1.45. The molecule has 142 valence electrons. The van der Waals surface area contributed by atoms with E-state index in [1.165, 1.54) is 4.57 Å². The molecule has 0 saturated carbocycles. The van der Waals surface area contributed by atoms with Gasteiger partial charge in [0.25, 0.3) is 5.56 Å². The van der Waals surface area contributed by atoms with Crippen molar-refractivity contribution in [3.8, 4) is 0 Å². The number of anilines is 1. The van der Waals surface area contributed by atoms with Gasteiger partial charge < -0.3 is 13.9 Å². The molecule has 1 aromatic carbocycles. The van der Waals surface area contributed by atoms with Crippen LogP contribution in [0.2, 0.25) is 0 Å². The number of hydrogen-bond donors (Lipinski definition) is 0. The smallest absolute Gasteiger partial charge is 0.260 e. The van der Waals surface area contributed by atoms with Gasteiger partial charge in [0.05, 0.1) is 22.9 Å². The molecule has 4 rings (SSSR count). The van der Waals surface area contributed by atoms with E-state index >= 15 is 0 Å². The van der Waals surface area contributed by atoms with Crippen LogP contribution < -0.4 is 10.5 Å². The van der Waals surface area contributed by atoms with Crippen molar-refractivity contribution < 1.29 is 4.42 Å². The first-order valence-corrected chi connectivity index (χ1v) is 9.38. The molecule has 3 heterocycles. The quantitative estimate of drug-likeness (QED) is 0.705. The van der Waals surface area contributed by atoms with Crippen molar-refractivity contribution in [3.05, 3.63) is 52.7 Å². The lowest BCUT2D eigenvalue weighted by Crippen LogP contribution is -2.46. The van der Waals surface area contributed by atoms with Crippen LogP contribution in [-0.4, -0.2) is 45.6 Å². The van der Waals surface area contributed by atoms with E-state index in [-0.39, 0.29) is 5.56 Å². The molecule has 27 heavy (non-hydrogen) atoms. The van der Waals surface area contributed by atoms with Crippen LogP contribution in [0.5, 0.6) is 0 Å². The minimum Gasteiger partial charge on any atom is -0.448 e. The van der Waals surface area contributed by atoms with Gasteiger partial charge in [0.1, 0.15) is 5.76 Å². The summed E-state index contributed by atoms with van der Waals surface area (Å²) in [6, 6.07) is 5.92. The summed E-state index contributed by atoms with van der Waals surface area (Å²) in [5, 5.41) is 0.662. The van der Waals surface area contributed by atoms with Crippen molar-refractivity contribution in [2.45, 2.75) is 26.3 Å². The summed E-state index contributed by atoms with van der Waals surface area (Å²) in [5.74, 6) is 1.33. The number of hydrogen-bond acceptors (Lipinski definition) is 6. The third kappa shape index (κ3) is 3.47. The molecule has 2 aromatic heterocycles. The van der Waals surface area contributed by atoms with Crippen molar-refractivity contribution in [1.29, 1.82) is 0 Å². The van der Waals surface area contributed by atoms with Gasteiger partial charge in [-0.2, -0.15) is 0 Å². The molecule has 0 atom stereocenters. The Morgan fingerprint density at radius 3 is 2.67 bits per heavy atom. The molecule has 0 spiro atoms. The van der Waals surface area contributed by atoms with E-state index in [9.17, 15) is 4.79 Å². The van der Waals surface area contributed by atoms with E-state index < -0.39 is 0 Å². The average Bonchev–Trinajstić information content (AvgIpc) is 3.14. The maximum Gasteiger partial charge on any atom is 0.260 e. The molecule has 0 aliphatic carbocycles. The third-order valence-electron chi connectivity index (χ3n) is 5.21. The average molecular weight is 367 g/mol. The normalized spacial score (nSPS) is 15.8. The van der Waals surface area contributed by atoms with E-state index in [1.54, 1.807) is 19.8 Å². The lowest BCUT2D eigenvalue weighted by molar-refractivity contribution is 0.245. The standard InChI is InChI=1S/C20H25N5O2/c1-14(2)19-18(22-13-27-19)11-24-6-8-25(9-7-24)15-4-5-16-17(10-15)21-12-23(3)20(16)26/h4-5,10,12-14H,6-9,11H2,1-3H3. The topological polar surface area (TPSA) is 67.4 Å². The van der Waals surface area contributed by atoms with Crippen molar-refractivity contribution in [1.82, 2.24) is 19.4 Å². The molecular weight excluding hydrogens is 342 g/mol. The van der Waals surface area contributed by atoms with Crippen molar-refractivity contribution in [3.63, 3.8) is 0 Å². The Hall–Kier alpha value is -2.67. The van der Waals surface area contributed by atoms with Gasteiger partial charge in [-0.3, -0.25) is 9.69 Å². The van der Waals surface area contributed by atoms with Gasteiger partial charge in [0.15, 0.2) is 6.39 Å². The van der Waals surface area contributed by atoms with E-state index in [0.29, 0.717) is 11.3 Å². The number of aryl methyl sites for hydroxylation is 1. The predicted molar refractivity (Wildman–Crippen MR) is 105 cm³/mol. The number of fused-ring (bicyclic) bond motifs is 1. The van der Waals surface area contributed by atoms with Gasteiger partial charge in [0, 0.05) is 51.4 Å². The van der Waals surface area contributed by atoms with Crippen LogP contribution in [0.3, 0.4) is 0 Å². The van der Waals surface area contributed by atoms with Gasteiger partial charge in [-0.1, -0.05) is 13.8 Å². The zero-order chi connectivity index (χ0) is 19.0. The number of piperazine rings is 1.